The molecule has 1 aliphatic rings. The molecule has 2 rings (SSSR count). The summed E-state index contributed by atoms with van der Waals surface area (Å²) in [5, 5.41) is 20.2. The van der Waals surface area contributed by atoms with E-state index in [1.807, 2.05) is 13.8 Å². The molecule has 1 heterocycles. The lowest BCUT2D eigenvalue weighted by Gasteiger charge is -2.11. The van der Waals surface area contributed by atoms with E-state index in [1.54, 1.807) is 4.57 Å². The molecule has 20 heavy (non-hydrogen) atoms. The Morgan fingerprint density at radius 3 is 2.70 bits per heavy atom. The van der Waals surface area contributed by atoms with Crippen molar-refractivity contribution in [2.75, 3.05) is 5.75 Å². The highest BCUT2D eigenvalue weighted by atomic mass is 32.2. The summed E-state index contributed by atoms with van der Waals surface area (Å²) in [7, 11) is 0. The second-order valence-electron chi connectivity index (χ2n) is 5.11. The van der Waals surface area contributed by atoms with Gasteiger partial charge in [0.15, 0.2) is 5.16 Å². The van der Waals surface area contributed by atoms with Gasteiger partial charge in [0.1, 0.15) is 12.4 Å². The second kappa shape index (κ2) is 6.25. The first-order chi connectivity index (χ1) is 9.47. The van der Waals surface area contributed by atoms with Crippen LogP contribution in [0.1, 0.15) is 38.4 Å². The molecule has 0 saturated heterocycles. The van der Waals surface area contributed by atoms with Crippen molar-refractivity contribution in [3.63, 3.8) is 0 Å². The Bertz CT molecular complexity index is 511. The summed E-state index contributed by atoms with van der Waals surface area (Å²) >= 11 is 1.09. The zero-order valence-corrected chi connectivity index (χ0v) is 12.3. The lowest BCUT2D eigenvalue weighted by molar-refractivity contribution is -0.133. The van der Waals surface area contributed by atoms with Crippen LogP contribution in [0, 0.1) is 0 Å². The first-order valence-corrected chi connectivity index (χ1v) is 7.53. The van der Waals surface area contributed by atoms with Crippen molar-refractivity contribution in [3.05, 3.63) is 5.82 Å². The molecule has 1 aromatic heterocycles. The van der Waals surface area contributed by atoms with Gasteiger partial charge >= 0.3 is 5.97 Å². The molecule has 0 radical (unpaired) electrons. The van der Waals surface area contributed by atoms with E-state index in [0.717, 1.165) is 30.4 Å². The Hall–Kier alpha value is -1.57. The highest BCUT2D eigenvalue weighted by Gasteiger charge is 2.31. The van der Waals surface area contributed by atoms with Gasteiger partial charge in [-0.2, -0.15) is 0 Å². The zero-order valence-electron chi connectivity index (χ0n) is 11.5. The highest BCUT2D eigenvalue weighted by molar-refractivity contribution is 7.99. The molecule has 0 atom stereocenters. The van der Waals surface area contributed by atoms with Crippen LogP contribution in [0.2, 0.25) is 0 Å². The van der Waals surface area contributed by atoms with Crippen molar-refractivity contribution < 1.29 is 14.7 Å². The number of amides is 1. The monoisotopic (exact) mass is 298 g/mol. The fourth-order valence-corrected chi connectivity index (χ4v) is 2.50. The van der Waals surface area contributed by atoms with Crippen LogP contribution in [-0.4, -0.2) is 43.5 Å². The Morgan fingerprint density at radius 1 is 1.45 bits per heavy atom. The number of nitrogens with one attached hydrogen (secondary N) is 1. The Morgan fingerprint density at radius 2 is 2.15 bits per heavy atom. The van der Waals surface area contributed by atoms with Gasteiger partial charge in [0.25, 0.3) is 0 Å². The van der Waals surface area contributed by atoms with Crippen LogP contribution in [0.3, 0.4) is 0 Å². The minimum absolute atomic E-state index is 0.0680. The molecule has 7 nitrogen and oxygen atoms in total. The highest BCUT2D eigenvalue weighted by Crippen LogP contribution is 2.39. The van der Waals surface area contributed by atoms with E-state index >= 15 is 0 Å². The van der Waals surface area contributed by atoms with Crippen LogP contribution in [0.15, 0.2) is 5.16 Å². The molecule has 0 aromatic carbocycles. The average Bonchev–Trinajstić information content (AvgIpc) is 3.09. The van der Waals surface area contributed by atoms with Gasteiger partial charge in [0.05, 0.1) is 5.75 Å². The van der Waals surface area contributed by atoms with E-state index in [4.69, 9.17) is 5.11 Å². The summed E-state index contributed by atoms with van der Waals surface area (Å²) in [6.45, 7) is 3.93. The molecule has 1 amide bonds. The van der Waals surface area contributed by atoms with Crippen molar-refractivity contribution in [1.82, 2.24) is 20.1 Å². The number of aliphatic carboxylic acids is 1. The molecule has 8 heteroatoms. The zero-order chi connectivity index (χ0) is 14.7. The maximum Gasteiger partial charge on any atom is 0.313 e. The van der Waals surface area contributed by atoms with Gasteiger partial charge in [-0.05, 0) is 26.7 Å². The largest absolute Gasteiger partial charge is 0.481 e. The van der Waals surface area contributed by atoms with E-state index in [-0.39, 0.29) is 24.2 Å². The van der Waals surface area contributed by atoms with Crippen LogP contribution < -0.4 is 5.32 Å². The van der Waals surface area contributed by atoms with Crippen molar-refractivity contribution >= 4 is 23.6 Å². The number of carbonyl (C=O) groups is 2. The Labute approximate surface area is 121 Å². The van der Waals surface area contributed by atoms with E-state index in [1.165, 1.54) is 0 Å². The van der Waals surface area contributed by atoms with E-state index in [2.05, 4.69) is 15.5 Å². The molecule has 0 spiro atoms. The SMILES string of the molecule is CC(C)NC(=O)Cn1c(SCC(=O)O)nnc1C1CC1. The summed E-state index contributed by atoms with van der Waals surface area (Å²) in [5.41, 5.74) is 0. The van der Waals surface area contributed by atoms with Crippen LogP contribution in [0.5, 0.6) is 0 Å². The van der Waals surface area contributed by atoms with E-state index in [0.29, 0.717) is 11.1 Å². The molecule has 1 aromatic rings. The van der Waals surface area contributed by atoms with Gasteiger partial charge in [-0.1, -0.05) is 11.8 Å². The molecule has 2 N–H and O–H groups in total. The van der Waals surface area contributed by atoms with Crippen molar-refractivity contribution in [1.29, 1.82) is 0 Å². The molecule has 0 bridgehead atoms. The lowest BCUT2D eigenvalue weighted by Crippen LogP contribution is -2.33. The molecular weight excluding hydrogens is 280 g/mol. The number of carboxylic acid groups (broad SMARTS) is 1. The number of carbonyl (C=O) groups excluding carboxylic acids is 1. The molecular formula is C12H18N4O3S. The predicted molar refractivity (Wildman–Crippen MR) is 73.6 cm³/mol. The topological polar surface area (TPSA) is 97.1 Å². The maximum absolute atomic E-state index is 11.9. The smallest absolute Gasteiger partial charge is 0.313 e. The number of rotatable bonds is 7. The summed E-state index contributed by atoms with van der Waals surface area (Å²) in [4.78, 5) is 22.5. The summed E-state index contributed by atoms with van der Waals surface area (Å²) in [6, 6.07) is 0.0680. The first kappa shape index (κ1) is 14.8. The van der Waals surface area contributed by atoms with E-state index in [9.17, 15) is 9.59 Å². The van der Waals surface area contributed by atoms with Crippen molar-refractivity contribution in [2.45, 2.75) is 50.4 Å². The number of hydrogen-bond acceptors (Lipinski definition) is 5. The standard InChI is InChI=1S/C12H18N4O3S/c1-7(2)13-9(17)5-16-11(8-3-4-8)14-15-12(16)20-6-10(18)19/h7-8H,3-6H2,1-2H3,(H,13,17)(H,18,19). The summed E-state index contributed by atoms with van der Waals surface area (Å²) in [5.74, 6) is 0.0302. The number of carboxylic acids is 1. The number of nitrogens with zero attached hydrogens (tertiary/aromatic N) is 3. The lowest BCUT2D eigenvalue weighted by atomic mass is 10.3. The van der Waals surface area contributed by atoms with Crippen LogP contribution in [0.4, 0.5) is 0 Å². The quantitative estimate of drug-likeness (QED) is 0.725. The van der Waals surface area contributed by atoms with Gasteiger partial charge < -0.3 is 10.4 Å². The van der Waals surface area contributed by atoms with Gasteiger partial charge in [-0.15, -0.1) is 10.2 Å². The minimum atomic E-state index is -0.913. The molecule has 1 fully saturated rings. The fraction of sp³-hybridized carbons (Fsp3) is 0.667. The predicted octanol–water partition coefficient (Wildman–Crippen LogP) is 0.857. The molecule has 1 saturated carbocycles. The second-order valence-corrected chi connectivity index (χ2v) is 6.05. The van der Waals surface area contributed by atoms with Gasteiger partial charge in [-0.3, -0.25) is 14.2 Å². The number of aromatic nitrogens is 3. The third kappa shape index (κ3) is 3.96. The Kier molecular flexibility index (Phi) is 4.64. The first-order valence-electron chi connectivity index (χ1n) is 6.54. The maximum atomic E-state index is 11.9. The third-order valence-corrected chi connectivity index (χ3v) is 3.72. The van der Waals surface area contributed by atoms with Crippen LogP contribution >= 0.6 is 11.8 Å². The summed E-state index contributed by atoms with van der Waals surface area (Å²) < 4.78 is 1.74. The van der Waals surface area contributed by atoms with Gasteiger partial charge in [0.2, 0.25) is 5.91 Å². The molecule has 1 aliphatic carbocycles. The van der Waals surface area contributed by atoms with Crippen molar-refractivity contribution in [2.24, 2.45) is 0 Å². The van der Waals surface area contributed by atoms with Gasteiger partial charge in [-0.25, -0.2) is 0 Å². The average molecular weight is 298 g/mol. The summed E-state index contributed by atoms with van der Waals surface area (Å²) in [6.07, 6.45) is 2.10. The molecule has 110 valence electrons. The minimum Gasteiger partial charge on any atom is -0.481 e. The Balaban J connectivity index is 2.11. The van der Waals surface area contributed by atoms with E-state index < -0.39 is 5.97 Å². The molecule has 0 unspecified atom stereocenters. The van der Waals surface area contributed by atoms with Crippen LogP contribution in [0.25, 0.3) is 0 Å². The fourth-order valence-electron chi connectivity index (χ4n) is 1.84. The van der Waals surface area contributed by atoms with Gasteiger partial charge in [0, 0.05) is 12.0 Å². The third-order valence-electron chi connectivity index (χ3n) is 2.76. The molecule has 0 aliphatic heterocycles. The normalized spacial score (nSPS) is 14.6. The van der Waals surface area contributed by atoms with Crippen molar-refractivity contribution in [3.8, 4) is 0 Å². The van der Waals surface area contributed by atoms with Crippen LogP contribution in [-0.2, 0) is 16.1 Å². The number of thioether (sulfide) groups is 1. The number of hydrogen-bond donors (Lipinski definition) is 2.